The second-order valence-electron chi connectivity index (χ2n) is 5.10. The summed E-state index contributed by atoms with van der Waals surface area (Å²) in [4.78, 5) is 0. The predicted molar refractivity (Wildman–Crippen MR) is 91.0 cm³/mol. The zero-order valence-electron chi connectivity index (χ0n) is 13.4. The Morgan fingerprint density at radius 1 is 1.13 bits per heavy atom. The topological polar surface area (TPSA) is 30.5 Å². The zero-order chi connectivity index (χ0) is 16.7. The van der Waals surface area contributed by atoms with E-state index >= 15 is 0 Å². The normalized spacial score (nSPS) is 10.6. The molecule has 3 nitrogen and oxygen atoms in total. The van der Waals surface area contributed by atoms with Crippen molar-refractivity contribution < 1.29 is 13.9 Å². The molecule has 5 heteroatoms. The molecule has 0 saturated carbocycles. The predicted octanol–water partition coefficient (Wildman–Crippen LogP) is 4.22. The Bertz CT molecular complexity index is 632. The molecule has 0 bridgehead atoms. The molecule has 124 valence electrons. The van der Waals surface area contributed by atoms with Crippen LogP contribution in [0.4, 0.5) is 4.39 Å². The average Bonchev–Trinajstić information content (AvgIpc) is 2.55. The van der Waals surface area contributed by atoms with Crippen molar-refractivity contribution in [3.63, 3.8) is 0 Å². The number of ether oxygens (including phenoxy) is 2. The van der Waals surface area contributed by atoms with Crippen LogP contribution in [0.3, 0.4) is 0 Å². The Morgan fingerprint density at radius 3 is 2.52 bits per heavy atom. The summed E-state index contributed by atoms with van der Waals surface area (Å²) in [6.45, 7) is 3.90. The van der Waals surface area contributed by atoms with Gasteiger partial charge in [-0.05, 0) is 55.3 Å². The molecule has 2 rings (SSSR count). The van der Waals surface area contributed by atoms with Crippen molar-refractivity contribution in [3.05, 3.63) is 58.4 Å². The highest BCUT2D eigenvalue weighted by Crippen LogP contribution is 2.36. The van der Waals surface area contributed by atoms with Gasteiger partial charge in [-0.1, -0.05) is 23.7 Å². The van der Waals surface area contributed by atoms with E-state index in [-0.39, 0.29) is 5.82 Å². The summed E-state index contributed by atoms with van der Waals surface area (Å²) in [5, 5.41) is 3.89. The molecule has 2 aromatic rings. The smallest absolute Gasteiger partial charge is 0.179 e. The molecule has 0 heterocycles. The standard InChI is InChI=1S/C18H21ClFNO2/c1-3-23-18-16(19)10-14(11-17(18)22-2)12-21-9-8-13-4-6-15(20)7-5-13/h4-7,10-11,21H,3,8-9,12H2,1-2H3. The molecule has 0 atom stereocenters. The fourth-order valence-corrected chi connectivity index (χ4v) is 2.56. The third kappa shape index (κ3) is 5.12. The molecular weight excluding hydrogens is 317 g/mol. The van der Waals surface area contributed by atoms with Crippen LogP contribution in [-0.2, 0) is 13.0 Å². The van der Waals surface area contributed by atoms with Crippen LogP contribution in [0.2, 0.25) is 5.02 Å². The first-order valence-corrected chi connectivity index (χ1v) is 7.96. The van der Waals surface area contributed by atoms with Gasteiger partial charge < -0.3 is 14.8 Å². The van der Waals surface area contributed by atoms with Gasteiger partial charge in [0.05, 0.1) is 18.7 Å². The van der Waals surface area contributed by atoms with Gasteiger partial charge in [-0.15, -0.1) is 0 Å². The van der Waals surface area contributed by atoms with Crippen molar-refractivity contribution >= 4 is 11.6 Å². The summed E-state index contributed by atoms with van der Waals surface area (Å²) in [5.41, 5.74) is 2.12. The van der Waals surface area contributed by atoms with Gasteiger partial charge >= 0.3 is 0 Å². The Hall–Kier alpha value is -1.78. The quantitative estimate of drug-likeness (QED) is 0.732. The van der Waals surface area contributed by atoms with Gasteiger partial charge in [-0.3, -0.25) is 0 Å². The largest absolute Gasteiger partial charge is 0.493 e. The lowest BCUT2D eigenvalue weighted by molar-refractivity contribution is 0.311. The first-order chi connectivity index (χ1) is 11.1. The lowest BCUT2D eigenvalue weighted by Crippen LogP contribution is -2.16. The van der Waals surface area contributed by atoms with Crippen LogP contribution in [0.15, 0.2) is 36.4 Å². The van der Waals surface area contributed by atoms with E-state index in [1.165, 1.54) is 12.1 Å². The molecule has 0 aromatic heterocycles. The molecule has 0 spiro atoms. The maximum Gasteiger partial charge on any atom is 0.179 e. The molecule has 2 aromatic carbocycles. The van der Waals surface area contributed by atoms with Gasteiger partial charge in [0.2, 0.25) is 0 Å². The Labute approximate surface area is 141 Å². The molecule has 1 N–H and O–H groups in total. The van der Waals surface area contributed by atoms with Crippen molar-refractivity contribution in [2.45, 2.75) is 19.9 Å². The van der Waals surface area contributed by atoms with Crippen LogP contribution < -0.4 is 14.8 Å². The van der Waals surface area contributed by atoms with E-state index in [0.29, 0.717) is 29.7 Å². The van der Waals surface area contributed by atoms with Crippen LogP contribution in [-0.4, -0.2) is 20.3 Å². The number of benzene rings is 2. The molecule has 0 radical (unpaired) electrons. The maximum absolute atomic E-state index is 12.8. The van der Waals surface area contributed by atoms with Gasteiger partial charge in [-0.25, -0.2) is 4.39 Å². The van der Waals surface area contributed by atoms with Crippen molar-refractivity contribution in [1.29, 1.82) is 0 Å². The number of hydrogen-bond donors (Lipinski definition) is 1. The van der Waals surface area contributed by atoms with E-state index < -0.39 is 0 Å². The molecule has 0 unspecified atom stereocenters. The summed E-state index contributed by atoms with van der Waals surface area (Å²) >= 11 is 6.25. The number of nitrogens with one attached hydrogen (secondary N) is 1. The highest BCUT2D eigenvalue weighted by atomic mass is 35.5. The minimum Gasteiger partial charge on any atom is -0.493 e. The third-order valence-corrected chi connectivity index (χ3v) is 3.69. The van der Waals surface area contributed by atoms with Crippen molar-refractivity contribution in [3.8, 4) is 11.5 Å². The summed E-state index contributed by atoms with van der Waals surface area (Å²) in [5.74, 6) is 0.999. The van der Waals surface area contributed by atoms with Crippen LogP contribution in [0.25, 0.3) is 0 Å². The lowest BCUT2D eigenvalue weighted by Gasteiger charge is -2.13. The van der Waals surface area contributed by atoms with Crippen molar-refractivity contribution in [2.24, 2.45) is 0 Å². The number of rotatable bonds is 8. The highest BCUT2D eigenvalue weighted by Gasteiger charge is 2.11. The summed E-state index contributed by atoms with van der Waals surface area (Å²) in [6, 6.07) is 10.3. The number of methoxy groups -OCH3 is 1. The third-order valence-electron chi connectivity index (χ3n) is 3.41. The van der Waals surface area contributed by atoms with Crippen LogP contribution >= 0.6 is 11.6 Å². The van der Waals surface area contributed by atoms with Gasteiger partial charge in [0, 0.05) is 6.54 Å². The van der Waals surface area contributed by atoms with Crippen LogP contribution in [0, 0.1) is 5.82 Å². The SMILES string of the molecule is CCOc1c(Cl)cc(CNCCc2ccc(F)cc2)cc1OC. The van der Waals surface area contributed by atoms with E-state index in [1.807, 2.05) is 19.1 Å². The maximum atomic E-state index is 12.8. The van der Waals surface area contributed by atoms with Crippen LogP contribution in [0.1, 0.15) is 18.1 Å². The van der Waals surface area contributed by atoms with E-state index in [4.69, 9.17) is 21.1 Å². The monoisotopic (exact) mass is 337 g/mol. The number of hydrogen-bond acceptors (Lipinski definition) is 3. The second-order valence-corrected chi connectivity index (χ2v) is 5.50. The highest BCUT2D eigenvalue weighted by molar-refractivity contribution is 6.32. The molecule has 0 aliphatic rings. The molecule has 0 amide bonds. The first kappa shape index (κ1) is 17.6. The van der Waals surface area contributed by atoms with Gasteiger partial charge in [0.15, 0.2) is 11.5 Å². The second kappa shape index (κ2) is 8.75. The zero-order valence-corrected chi connectivity index (χ0v) is 14.1. The van der Waals surface area contributed by atoms with Gasteiger partial charge in [0.1, 0.15) is 5.82 Å². The Morgan fingerprint density at radius 2 is 1.87 bits per heavy atom. The average molecular weight is 338 g/mol. The minimum atomic E-state index is -0.210. The molecule has 23 heavy (non-hydrogen) atoms. The van der Waals surface area contributed by atoms with Gasteiger partial charge in [0.25, 0.3) is 0 Å². The molecular formula is C18H21ClFNO2. The van der Waals surface area contributed by atoms with E-state index in [0.717, 1.165) is 24.1 Å². The summed E-state index contributed by atoms with van der Waals surface area (Å²) < 4.78 is 23.7. The summed E-state index contributed by atoms with van der Waals surface area (Å²) in [6.07, 6.45) is 0.835. The molecule has 0 aliphatic heterocycles. The van der Waals surface area contributed by atoms with E-state index in [9.17, 15) is 4.39 Å². The molecule has 0 saturated heterocycles. The van der Waals surface area contributed by atoms with E-state index in [2.05, 4.69) is 5.32 Å². The first-order valence-electron chi connectivity index (χ1n) is 7.58. The fourth-order valence-electron chi connectivity index (χ4n) is 2.28. The van der Waals surface area contributed by atoms with Crippen molar-refractivity contribution in [2.75, 3.05) is 20.3 Å². The molecule has 0 aliphatic carbocycles. The fraction of sp³-hybridized carbons (Fsp3) is 0.333. The Kier molecular flexibility index (Phi) is 6.68. The minimum absolute atomic E-state index is 0.210. The summed E-state index contributed by atoms with van der Waals surface area (Å²) in [7, 11) is 1.60. The van der Waals surface area contributed by atoms with Crippen molar-refractivity contribution in [1.82, 2.24) is 5.32 Å². The van der Waals surface area contributed by atoms with Crippen LogP contribution in [0.5, 0.6) is 11.5 Å². The van der Waals surface area contributed by atoms with Gasteiger partial charge in [-0.2, -0.15) is 0 Å². The lowest BCUT2D eigenvalue weighted by atomic mass is 10.1. The molecule has 0 fully saturated rings. The Balaban J connectivity index is 1.90. The number of halogens is 2. The van der Waals surface area contributed by atoms with E-state index in [1.54, 1.807) is 19.2 Å².